The van der Waals surface area contributed by atoms with Crippen molar-refractivity contribution in [1.29, 1.82) is 0 Å². The molecule has 1 aliphatic heterocycles. The zero-order valence-corrected chi connectivity index (χ0v) is 10.8. The van der Waals surface area contributed by atoms with Crippen LogP contribution in [0.3, 0.4) is 0 Å². The standard InChI is InChI=1S/C12H20O2S/c1-5-9(6-2)7-12(4)10(13)8(3)11(14)15-12/h9,13H,5-7H2,1-4H3. The lowest BCUT2D eigenvalue weighted by molar-refractivity contribution is -0.107. The highest BCUT2D eigenvalue weighted by Gasteiger charge is 2.42. The number of hydrogen-bond acceptors (Lipinski definition) is 3. The van der Waals surface area contributed by atoms with Crippen molar-refractivity contribution in [1.82, 2.24) is 0 Å². The fraction of sp³-hybridized carbons (Fsp3) is 0.750. The van der Waals surface area contributed by atoms with Gasteiger partial charge in [-0.3, -0.25) is 4.79 Å². The highest BCUT2D eigenvalue weighted by atomic mass is 32.2. The van der Waals surface area contributed by atoms with E-state index in [1.165, 1.54) is 11.8 Å². The molecule has 0 aromatic carbocycles. The summed E-state index contributed by atoms with van der Waals surface area (Å²) in [6.07, 6.45) is 3.10. The van der Waals surface area contributed by atoms with E-state index in [0.717, 1.165) is 19.3 Å². The van der Waals surface area contributed by atoms with Crippen LogP contribution in [0, 0.1) is 5.92 Å². The maximum absolute atomic E-state index is 11.5. The van der Waals surface area contributed by atoms with Gasteiger partial charge >= 0.3 is 0 Å². The topological polar surface area (TPSA) is 37.3 Å². The SMILES string of the molecule is CCC(CC)CC1(C)SC(=O)C(C)=C1O. The molecule has 15 heavy (non-hydrogen) atoms. The minimum absolute atomic E-state index is 0.0287. The first-order chi connectivity index (χ1) is 6.94. The van der Waals surface area contributed by atoms with Crippen LogP contribution >= 0.6 is 11.8 Å². The third kappa shape index (κ3) is 2.39. The molecule has 1 aliphatic rings. The van der Waals surface area contributed by atoms with E-state index in [1.54, 1.807) is 6.92 Å². The normalized spacial score (nSPS) is 26.9. The molecule has 0 aliphatic carbocycles. The first-order valence-corrected chi connectivity index (χ1v) is 6.39. The lowest BCUT2D eigenvalue weighted by Gasteiger charge is -2.27. The van der Waals surface area contributed by atoms with E-state index in [0.29, 0.717) is 17.3 Å². The quantitative estimate of drug-likeness (QED) is 0.797. The van der Waals surface area contributed by atoms with Crippen LogP contribution in [0.25, 0.3) is 0 Å². The molecule has 0 radical (unpaired) electrons. The predicted molar refractivity (Wildman–Crippen MR) is 65.0 cm³/mol. The van der Waals surface area contributed by atoms with Gasteiger partial charge in [-0.1, -0.05) is 38.5 Å². The third-order valence-electron chi connectivity index (χ3n) is 3.31. The molecule has 3 heteroatoms. The fourth-order valence-corrected chi connectivity index (χ4v) is 3.32. The van der Waals surface area contributed by atoms with E-state index in [9.17, 15) is 9.90 Å². The van der Waals surface area contributed by atoms with Gasteiger partial charge in [-0.15, -0.1) is 0 Å². The summed E-state index contributed by atoms with van der Waals surface area (Å²) in [6, 6.07) is 0. The van der Waals surface area contributed by atoms with E-state index in [-0.39, 0.29) is 9.86 Å². The smallest absolute Gasteiger partial charge is 0.219 e. The number of aliphatic hydroxyl groups is 1. The van der Waals surface area contributed by atoms with Crippen molar-refractivity contribution in [2.75, 3.05) is 0 Å². The molecule has 2 nitrogen and oxygen atoms in total. The Hall–Kier alpha value is -0.440. The van der Waals surface area contributed by atoms with Crippen LogP contribution < -0.4 is 0 Å². The van der Waals surface area contributed by atoms with Crippen LogP contribution in [0.15, 0.2) is 11.3 Å². The lowest BCUT2D eigenvalue weighted by Crippen LogP contribution is -2.24. The van der Waals surface area contributed by atoms with Crippen molar-refractivity contribution >= 4 is 16.9 Å². The summed E-state index contributed by atoms with van der Waals surface area (Å²) in [5.74, 6) is 0.882. The highest BCUT2D eigenvalue weighted by molar-refractivity contribution is 8.15. The van der Waals surface area contributed by atoms with Crippen LogP contribution in [-0.4, -0.2) is 15.0 Å². The lowest BCUT2D eigenvalue weighted by atomic mass is 9.89. The van der Waals surface area contributed by atoms with Gasteiger partial charge in [0.05, 0.1) is 4.75 Å². The fourth-order valence-electron chi connectivity index (χ4n) is 2.09. The van der Waals surface area contributed by atoms with Crippen molar-refractivity contribution in [2.45, 2.75) is 51.7 Å². The molecule has 1 heterocycles. The van der Waals surface area contributed by atoms with E-state index in [2.05, 4.69) is 13.8 Å². The molecule has 0 aromatic heterocycles. The number of rotatable bonds is 4. The number of thioether (sulfide) groups is 1. The largest absolute Gasteiger partial charge is 0.510 e. The van der Waals surface area contributed by atoms with Crippen molar-refractivity contribution < 1.29 is 9.90 Å². The van der Waals surface area contributed by atoms with Gasteiger partial charge in [0.2, 0.25) is 5.12 Å². The van der Waals surface area contributed by atoms with Gasteiger partial charge < -0.3 is 5.11 Å². The second-order valence-corrected chi connectivity index (χ2v) is 5.96. The van der Waals surface area contributed by atoms with E-state index < -0.39 is 0 Å². The Bertz CT molecular complexity index is 292. The summed E-state index contributed by atoms with van der Waals surface area (Å²) >= 11 is 1.28. The summed E-state index contributed by atoms with van der Waals surface area (Å²) in [4.78, 5) is 11.5. The minimum Gasteiger partial charge on any atom is -0.510 e. The molecule has 0 saturated heterocycles. The van der Waals surface area contributed by atoms with E-state index in [4.69, 9.17) is 0 Å². The monoisotopic (exact) mass is 228 g/mol. The Balaban J connectivity index is 2.82. The van der Waals surface area contributed by atoms with Crippen molar-refractivity contribution in [3.8, 4) is 0 Å². The van der Waals surface area contributed by atoms with Crippen molar-refractivity contribution in [3.05, 3.63) is 11.3 Å². The number of hydrogen-bond donors (Lipinski definition) is 1. The van der Waals surface area contributed by atoms with Crippen LogP contribution in [0.1, 0.15) is 47.0 Å². The average molecular weight is 228 g/mol. The van der Waals surface area contributed by atoms with Crippen molar-refractivity contribution in [2.24, 2.45) is 5.92 Å². The Labute approximate surface area is 96.1 Å². The van der Waals surface area contributed by atoms with Gasteiger partial charge in [-0.25, -0.2) is 0 Å². The second-order valence-electron chi connectivity index (χ2n) is 4.48. The molecule has 0 bridgehead atoms. The van der Waals surface area contributed by atoms with E-state index in [1.807, 2.05) is 6.92 Å². The van der Waals surface area contributed by atoms with Crippen molar-refractivity contribution in [3.63, 3.8) is 0 Å². The molecule has 1 atom stereocenters. The second kappa shape index (κ2) is 4.60. The molecule has 0 fully saturated rings. The van der Waals surface area contributed by atoms with Gasteiger partial charge in [0.25, 0.3) is 0 Å². The summed E-state index contributed by atoms with van der Waals surface area (Å²) in [5, 5.41) is 9.99. The minimum atomic E-state index is -0.377. The molecule has 0 saturated carbocycles. The van der Waals surface area contributed by atoms with Crippen LogP contribution in [0.4, 0.5) is 0 Å². The van der Waals surface area contributed by atoms with Gasteiger partial charge in [-0.2, -0.15) is 0 Å². The first-order valence-electron chi connectivity index (χ1n) is 5.58. The Morgan fingerprint density at radius 3 is 2.27 bits per heavy atom. The summed E-state index contributed by atoms with van der Waals surface area (Å²) in [5.41, 5.74) is 0.536. The molecule has 1 rings (SSSR count). The average Bonchev–Trinajstić information content (AvgIpc) is 2.40. The predicted octanol–water partition coefficient (Wildman–Crippen LogP) is 3.68. The number of aliphatic hydroxyl groups excluding tert-OH is 1. The summed E-state index contributed by atoms with van der Waals surface area (Å²) in [6.45, 7) is 8.00. The molecule has 0 aromatic rings. The third-order valence-corrected chi connectivity index (χ3v) is 4.62. The first kappa shape index (κ1) is 12.6. The molecule has 86 valence electrons. The molecular weight excluding hydrogens is 208 g/mol. The summed E-state index contributed by atoms with van der Waals surface area (Å²) < 4.78 is -0.377. The number of carbonyl (C=O) groups excluding carboxylic acids is 1. The summed E-state index contributed by atoms with van der Waals surface area (Å²) in [7, 11) is 0. The van der Waals surface area contributed by atoms with Gasteiger partial charge in [0.15, 0.2) is 0 Å². The zero-order valence-electron chi connectivity index (χ0n) is 9.96. The van der Waals surface area contributed by atoms with Gasteiger partial charge in [0, 0.05) is 5.57 Å². The molecular formula is C12H20O2S. The van der Waals surface area contributed by atoms with Gasteiger partial charge in [0.1, 0.15) is 5.76 Å². The van der Waals surface area contributed by atoms with Crippen LogP contribution in [0.2, 0.25) is 0 Å². The molecule has 0 spiro atoms. The maximum Gasteiger partial charge on any atom is 0.219 e. The highest BCUT2D eigenvalue weighted by Crippen LogP contribution is 2.46. The van der Waals surface area contributed by atoms with E-state index >= 15 is 0 Å². The van der Waals surface area contributed by atoms with Crippen LogP contribution in [0.5, 0.6) is 0 Å². The molecule has 0 amide bonds. The van der Waals surface area contributed by atoms with Gasteiger partial charge in [-0.05, 0) is 26.2 Å². The maximum atomic E-state index is 11.5. The zero-order chi connectivity index (χ0) is 11.6. The number of carbonyl (C=O) groups is 1. The Morgan fingerprint density at radius 1 is 1.40 bits per heavy atom. The van der Waals surface area contributed by atoms with Crippen LogP contribution in [-0.2, 0) is 4.79 Å². The molecule has 1 unspecified atom stereocenters. The molecule has 1 N–H and O–H groups in total. The Kier molecular flexibility index (Phi) is 3.87. The Morgan fingerprint density at radius 2 is 1.93 bits per heavy atom.